The van der Waals surface area contributed by atoms with Crippen LogP contribution in [0.2, 0.25) is 0 Å². The number of amides is 1. The highest BCUT2D eigenvalue weighted by atomic mass is 32.2. The Morgan fingerprint density at radius 2 is 2.20 bits per heavy atom. The summed E-state index contributed by atoms with van der Waals surface area (Å²) in [7, 11) is 0. The maximum absolute atomic E-state index is 13.6. The summed E-state index contributed by atoms with van der Waals surface area (Å²) in [4.78, 5) is 11.9. The molecule has 0 saturated carbocycles. The fourth-order valence-electron chi connectivity index (χ4n) is 1.69. The average Bonchev–Trinajstić information content (AvgIpc) is 2.78. The zero-order chi connectivity index (χ0) is 14.7. The minimum atomic E-state index is -0.489. The van der Waals surface area contributed by atoms with Gasteiger partial charge in [-0.15, -0.1) is 11.8 Å². The lowest BCUT2D eigenvalue weighted by Crippen LogP contribution is -2.30. The van der Waals surface area contributed by atoms with Crippen LogP contribution >= 0.6 is 11.8 Å². The van der Waals surface area contributed by atoms with Crippen molar-refractivity contribution >= 4 is 23.4 Å². The van der Waals surface area contributed by atoms with Gasteiger partial charge in [-0.3, -0.25) is 10.2 Å². The van der Waals surface area contributed by atoms with Crippen molar-refractivity contribution in [3.63, 3.8) is 0 Å². The monoisotopic (exact) mass is 295 g/mol. The van der Waals surface area contributed by atoms with Gasteiger partial charge in [0.25, 0.3) is 0 Å². The predicted molar refractivity (Wildman–Crippen MR) is 75.5 cm³/mol. The highest BCUT2D eigenvalue weighted by molar-refractivity contribution is 7.98. The number of nitrogens with one attached hydrogen (secondary N) is 1. The highest BCUT2D eigenvalue weighted by Gasteiger charge is 2.15. The maximum atomic E-state index is 13.6. The second-order valence-corrected chi connectivity index (χ2v) is 5.19. The summed E-state index contributed by atoms with van der Waals surface area (Å²) in [6.45, 7) is 1.74. The first kappa shape index (κ1) is 14.4. The van der Waals surface area contributed by atoms with Gasteiger partial charge in [0, 0.05) is 16.1 Å². The Balaban J connectivity index is 2.09. The van der Waals surface area contributed by atoms with Gasteiger partial charge in [0.2, 0.25) is 0 Å². The van der Waals surface area contributed by atoms with Crippen molar-refractivity contribution in [2.24, 2.45) is 5.84 Å². The van der Waals surface area contributed by atoms with E-state index in [0.717, 1.165) is 0 Å². The van der Waals surface area contributed by atoms with E-state index in [0.29, 0.717) is 27.7 Å². The van der Waals surface area contributed by atoms with E-state index >= 15 is 0 Å². The number of thioether (sulfide) groups is 1. The van der Waals surface area contributed by atoms with Crippen LogP contribution in [0.4, 0.5) is 10.1 Å². The molecule has 1 aromatic heterocycles. The summed E-state index contributed by atoms with van der Waals surface area (Å²) >= 11 is 1.26. The van der Waals surface area contributed by atoms with E-state index in [9.17, 15) is 9.18 Å². The molecule has 1 amide bonds. The third-order valence-electron chi connectivity index (χ3n) is 2.63. The van der Waals surface area contributed by atoms with Crippen molar-refractivity contribution < 1.29 is 13.6 Å². The number of hydrazine groups is 1. The average molecular weight is 295 g/mol. The fraction of sp³-hybridized carbons (Fsp3) is 0.154. The van der Waals surface area contributed by atoms with Crippen molar-refractivity contribution in [1.82, 2.24) is 5.43 Å². The van der Waals surface area contributed by atoms with Gasteiger partial charge >= 0.3 is 5.91 Å². The van der Waals surface area contributed by atoms with Crippen molar-refractivity contribution in [2.75, 3.05) is 5.73 Å². The quantitative estimate of drug-likeness (QED) is 0.264. The van der Waals surface area contributed by atoms with Gasteiger partial charge in [0.05, 0.1) is 5.75 Å². The minimum absolute atomic E-state index is 0.167. The largest absolute Gasteiger partial charge is 0.455 e. The fourth-order valence-corrected chi connectivity index (χ4v) is 2.49. The Morgan fingerprint density at radius 3 is 2.85 bits per heavy atom. The number of rotatable bonds is 4. The van der Waals surface area contributed by atoms with Crippen LogP contribution in [0.15, 0.2) is 33.6 Å². The number of nitrogen functional groups attached to an aromatic ring is 2. The first-order chi connectivity index (χ1) is 9.51. The molecule has 0 spiro atoms. The molecule has 0 aliphatic heterocycles. The van der Waals surface area contributed by atoms with E-state index < -0.39 is 5.91 Å². The van der Waals surface area contributed by atoms with E-state index in [1.54, 1.807) is 25.1 Å². The van der Waals surface area contributed by atoms with Crippen LogP contribution in [-0.4, -0.2) is 5.91 Å². The third-order valence-corrected chi connectivity index (χ3v) is 3.70. The number of carbonyl (C=O) groups is 1. The van der Waals surface area contributed by atoms with Gasteiger partial charge in [-0.2, -0.15) is 0 Å². The summed E-state index contributed by atoms with van der Waals surface area (Å²) in [6, 6.07) is 6.24. The van der Waals surface area contributed by atoms with Crippen LogP contribution < -0.4 is 17.0 Å². The molecule has 106 valence electrons. The molecule has 0 radical (unpaired) electrons. The molecular formula is C13H14FN3O2S. The van der Waals surface area contributed by atoms with Crippen LogP contribution in [0.25, 0.3) is 0 Å². The smallest absolute Gasteiger partial charge is 0.301 e. The molecule has 0 bridgehead atoms. The molecule has 2 aromatic rings. The van der Waals surface area contributed by atoms with Crippen molar-refractivity contribution in [2.45, 2.75) is 17.6 Å². The van der Waals surface area contributed by atoms with Gasteiger partial charge in [-0.05, 0) is 31.2 Å². The van der Waals surface area contributed by atoms with Crippen LogP contribution in [0.3, 0.4) is 0 Å². The van der Waals surface area contributed by atoms with Gasteiger partial charge in [0.15, 0.2) is 5.76 Å². The number of anilines is 1. The van der Waals surface area contributed by atoms with E-state index in [1.807, 2.05) is 5.43 Å². The first-order valence-electron chi connectivity index (χ1n) is 5.79. The molecule has 5 nitrogen and oxygen atoms in total. The Morgan fingerprint density at radius 1 is 1.45 bits per heavy atom. The Hall–Kier alpha value is -1.99. The number of hydrogen-bond acceptors (Lipinski definition) is 5. The zero-order valence-electron chi connectivity index (χ0n) is 10.8. The normalized spacial score (nSPS) is 10.6. The highest BCUT2D eigenvalue weighted by Crippen LogP contribution is 2.28. The minimum Gasteiger partial charge on any atom is -0.455 e. The van der Waals surface area contributed by atoms with E-state index in [-0.39, 0.29) is 11.6 Å². The SMILES string of the molecule is Cc1cc(CSc2ccc(N)cc2F)oc1C(=O)NN. The van der Waals surface area contributed by atoms with E-state index in [4.69, 9.17) is 16.0 Å². The molecule has 0 aliphatic rings. The second-order valence-electron chi connectivity index (χ2n) is 4.18. The maximum Gasteiger partial charge on any atom is 0.301 e. The molecule has 2 rings (SSSR count). The molecule has 0 aliphatic carbocycles. The Kier molecular flexibility index (Phi) is 4.31. The number of furan rings is 1. The number of aryl methyl sites for hydroxylation is 1. The van der Waals surface area contributed by atoms with Crippen LogP contribution in [0.5, 0.6) is 0 Å². The summed E-state index contributed by atoms with van der Waals surface area (Å²) in [5.41, 5.74) is 8.55. The number of carbonyl (C=O) groups excluding carboxylic acids is 1. The summed E-state index contributed by atoms with van der Waals surface area (Å²) < 4.78 is 19.0. The van der Waals surface area contributed by atoms with Gasteiger partial charge in [0.1, 0.15) is 11.6 Å². The lowest BCUT2D eigenvalue weighted by molar-refractivity contribution is 0.0923. The standard InChI is InChI=1S/C13H14FN3O2S/c1-7-4-9(19-12(7)13(18)17-16)6-20-11-3-2-8(15)5-10(11)14/h2-5H,6,15-16H2,1H3,(H,17,18). The van der Waals surface area contributed by atoms with Gasteiger partial charge < -0.3 is 10.2 Å². The van der Waals surface area contributed by atoms with Crippen molar-refractivity contribution in [3.05, 3.63) is 47.2 Å². The van der Waals surface area contributed by atoms with Crippen LogP contribution in [-0.2, 0) is 5.75 Å². The summed E-state index contributed by atoms with van der Waals surface area (Å²) in [5, 5.41) is 0. The molecule has 0 unspecified atom stereocenters. The Bertz CT molecular complexity index is 643. The molecule has 5 N–H and O–H groups in total. The summed E-state index contributed by atoms with van der Waals surface area (Å²) in [5.74, 6) is 5.33. The molecule has 7 heteroatoms. The lowest BCUT2D eigenvalue weighted by Gasteiger charge is -2.02. The topological polar surface area (TPSA) is 94.3 Å². The van der Waals surface area contributed by atoms with Crippen LogP contribution in [0, 0.1) is 12.7 Å². The number of halogens is 1. The number of nitrogens with two attached hydrogens (primary N) is 2. The zero-order valence-corrected chi connectivity index (χ0v) is 11.6. The molecule has 0 saturated heterocycles. The summed E-state index contributed by atoms with van der Waals surface area (Å²) in [6.07, 6.45) is 0. The number of benzene rings is 1. The molecule has 1 aromatic carbocycles. The molecular weight excluding hydrogens is 281 g/mol. The van der Waals surface area contributed by atoms with Crippen molar-refractivity contribution in [3.8, 4) is 0 Å². The molecule has 0 atom stereocenters. The predicted octanol–water partition coefficient (Wildman–Crippen LogP) is 2.21. The Labute approximate surface area is 119 Å². The van der Waals surface area contributed by atoms with Crippen LogP contribution in [0.1, 0.15) is 21.9 Å². The molecule has 20 heavy (non-hydrogen) atoms. The third kappa shape index (κ3) is 3.12. The molecule has 1 heterocycles. The first-order valence-corrected chi connectivity index (χ1v) is 6.78. The number of hydrogen-bond donors (Lipinski definition) is 3. The van der Waals surface area contributed by atoms with E-state index in [1.165, 1.54) is 17.8 Å². The molecule has 0 fully saturated rings. The van der Waals surface area contributed by atoms with Gasteiger partial charge in [-0.1, -0.05) is 0 Å². The second kappa shape index (κ2) is 5.98. The van der Waals surface area contributed by atoms with Gasteiger partial charge in [-0.25, -0.2) is 10.2 Å². The van der Waals surface area contributed by atoms with E-state index in [2.05, 4.69) is 0 Å². The van der Waals surface area contributed by atoms with Crippen molar-refractivity contribution in [1.29, 1.82) is 0 Å². The lowest BCUT2D eigenvalue weighted by atomic mass is 10.2.